The zero-order chi connectivity index (χ0) is 16.8. The van der Waals surface area contributed by atoms with Crippen LogP contribution in [0, 0.1) is 17.3 Å². The summed E-state index contributed by atoms with van der Waals surface area (Å²) in [7, 11) is 0. The minimum atomic E-state index is 0.577. The molecule has 0 aliphatic rings. The van der Waals surface area contributed by atoms with Crippen molar-refractivity contribution in [1.29, 1.82) is 0 Å². The normalized spacial score (nSPS) is 15.0. The molecule has 0 amide bonds. The fourth-order valence-electron chi connectivity index (χ4n) is 3.60. The van der Waals surface area contributed by atoms with E-state index in [2.05, 4.69) is 41.5 Å². The molecule has 22 heavy (non-hydrogen) atoms. The molecule has 0 heterocycles. The van der Waals surface area contributed by atoms with Crippen LogP contribution in [0.1, 0.15) is 125 Å². The summed E-state index contributed by atoms with van der Waals surface area (Å²) in [5, 5.41) is 0. The standard InChI is InChI=1S/C22H46/c1-7-9-10-11-14-18-22(5,6)19-15-12-13-17-21(4)20(3)16-8-2/h20-21H,7-19H2,1-6H3. The average molecular weight is 311 g/mol. The number of rotatable bonds is 15. The zero-order valence-corrected chi connectivity index (χ0v) is 16.8. The Hall–Kier alpha value is 0. The molecule has 0 aromatic heterocycles. The van der Waals surface area contributed by atoms with Crippen LogP contribution in [0.25, 0.3) is 0 Å². The predicted molar refractivity (Wildman–Crippen MR) is 103 cm³/mol. The van der Waals surface area contributed by atoms with Crippen molar-refractivity contribution in [3.8, 4) is 0 Å². The van der Waals surface area contributed by atoms with Crippen LogP contribution >= 0.6 is 0 Å². The molecule has 0 bridgehead atoms. The molecule has 0 saturated heterocycles. The molecule has 2 unspecified atom stereocenters. The molecule has 0 rings (SSSR count). The van der Waals surface area contributed by atoms with Crippen LogP contribution < -0.4 is 0 Å². The molecule has 0 radical (unpaired) electrons. The van der Waals surface area contributed by atoms with Gasteiger partial charge in [0.05, 0.1) is 0 Å². The molecule has 0 aromatic carbocycles. The van der Waals surface area contributed by atoms with E-state index in [-0.39, 0.29) is 0 Å². The highest BCUT2D eigenvalue weighted by Gasteiger charge is 2.17. The Bertz CT molecular complexity index is 228. The molecule has 134 valence electrons. The molecule has 0 aromatic rings. The van der Waals surface area contributed by atoms with Gasteiger partial charge in [-0.1, -0.05) is 112 Å². The van der Waals surface area contributed by atoms with Gasteiger partial charge in [-0.05, 0) is 30.1 Å². The van der Waals surface area contributed by atoms with Crippen molar-refractivity contribution >= 4 is 0 Å². The number of hydrogen-bond acceptors (Lipinski definition) is 0. The summed E-state index contributed by atoms with van der Waals surface area (Å²) in [5.41, 5.74) is 0.577. The number of hydrogen-bond donors (Lipinski definition) is 0. The van der Waals surface area contributed by atoms with E-state index >= 15 is 0 Å². The van der Waals surface area contributed by atoms with Crippen molar-refractivity contribution in [3.63, 3.8) is 0 Å². The first-order valence-electron chi connectivity index (χ1n) is 10.4. The lowest BCUT2D eigenvalue weighted by molar-refractivity contribution is 0.276. The summed E-state index contributed by atoms with van der Waals surface area (Å²) in [5.74, 6) is 1.84. The van der Waals surface area contributed by atoms with E-state index in [0.717, 1.165) is 11.8 Å². The first-order valence-corrected chi connectivity index (χ1v) is 10.4. The van der Waals surface area contributed by atoms with Gasteiger partial charge in [0.1, 0.15) is 0 Å². The molecule has 0 fully saturated rings. The summed E-state index contributed by atoms with van der Waals surface area (Å²) in [4.78, 5) is 0. The van der Waals surface area contributed by atoms with E-state index in [1.54, 1.807) is 0 Å². The van der Waals surface area contributed by atoms with E-state index in [4.69, 9.17) is 0 Å². The SMILES string of the molecule is CCCCCCCC(C)(C)CCCCCC(C)C(C)CCC. The Balaban J connectivity index is 3.59. The van der Waals surface area contributed by atoms with E-state index in [9.17, 15) is 0 Å². The Morgan fingerprint density at radius 3 is 1.64 bits per heavy atom. The van der Waals surface area contributed by atoms with Crippen molar-refractivity contribution in [2.75, 3.05) is 0 Å². The smallest absolute Gasteiger partial charge is 0.0354 e. The highest BCUT2D eigenvalue weighted by molar-refractivity contribution is 4.69. The van der Waals surface area contributed by atoms with E-state index in [0.29, 0.717) is 5.41 Å². The Kier molecular flexibility index (Phi) is 13.4. The molecule has 0 N–H and O–H groups in total. The highest BCUT2D eigenvalue weighted by atomic mass is 14.2. The van der Waals surface area contributed by atoms with Crippen molar-refractivity contribution in [2.24, 2.45) is 17.3 Å². The van der Waals surface area contributed by atoms with Gasteiger partial charge in [-0.15, -0.1) is 0 Å². The van der Waals surface area contributed by atoms with Crippen LogP contribution in [0.15, 0.2) is 0 Å². The van der Waals surface area contributed by atoms with Crippen molar-refractivity contribution in [3.05, 3.63) is 0 Å². The lowest BCUT2D eigenvalue weighted by Gasteiger charge is -2.25. The maximum Gasteiger partial charge on any atom is -0.0354 e. The molecule has 2 atom stereocenters. The van der Waals surface area contributed by atoms with Crippen molar-refractivity contribution in [1.82, 2.24) is 0 Å². The third-order valence-electron chi connectivity index (χ3n) is 5.69. The molecule has 0 saturated carbocycles. The summed E-state index contributed by atoms with van der Waals surface area (Å²) in [6.07, 6.45) is 18.5. The quantitative estimate of drug-likeness (QED) is 0.266. The van der Waals surface area contributed by atoms with Gasteiger partial charge in [-0.3, -0.25) is 0 Å². The van der Waals surface area contributed by atoms with Gasteiger partial charge in [-0.25, -0.2) is 0 Å². The Morgan fingerprint density at radius 2 is 1.09 bits per heavy atom. The molecular formula is C22H46. The van der Waals surface area contributed by atoms with Gasteiger partial charge in [0.2, 0.25) is 0 Å². The van der Waals surface area contributed by atoms with Gasteiger partial charge >= 0.3 is 0 Å². The van der Waals surface area contributed by atoms with E-state index < -0.39 is 0 Å². The second-order valence-corrected chi connectivity index (χ2v) is 8.67. The summed E-state index contributed by atoms with van der Waals surface area (Å²) < 4.78 is 0. The van der Waals surface area contributed by atoms with E-state index in [1.165, 1.54) is 83.5 Å². The minimum Gasteiger partial charge on any atom is -0.0654 e. The third kappa shape index (κ3) is 12.5. The lowest BCUT2D eigenvalue weighted by Crippen LogP contribution is -2.11. The molecule has 0 heteroatoms. The first-order chi connectivity index (χ1) is 10.4. The Labute approximate surface area is 142 Å². The predicted octanol–water partition coefficient (Wildman–Crippen LogP) is 8.40. The summed E-state index contributed by atoms with van der Waals surface area (Å²) in [6.45, 7) is 14.5. The highest BCUT2D eigenvalue weighted by Crippen LogP contribution is 2.31. The molecule has 0 nitrogen and oxygen atoms in total. The molecule has 0 spiro atoms. The second kappa shape index (κ2) is 13.4. The molecule has 0 aliphatic heterocycles. The fraction of sp³-hybridized carbons (Fsp3) is 1.00. The van der Waals surface area contributed by atoms with Crippen LogP contribution in [0.3, 0.4) is 0 Å². The van der Waals surface area contributed by atoms with Gasteiger partial charge in [0.15, 0.2) is 0 Å². The van der Waals surface area contributed by atoms with Crippen LogP contribution in [-0.4, -0.2) is 0 Å². The van der Waals surface area contributed by atoms with Crippen molar-refractivity contribution < 1.29 is 0 Å². The van der Waals surface area contributed by atoms with E-state index in [1.807, 2.05) is 0 Å². The maximum absolute atomic E-state index is 2.48. The van der Waals surface area contributed by atoms with Gasteiger partial charge in [-0.2, -0.15) is 0 Å². The topological polar surface area (TPSA) is 0 Å². The number of unbranched alkanes of at least 4 members (excludes halogenated alkanes) is 6. The van der Waals surface area contributed by atoms with Gasteiger partial charge in [0, 0.05) is 0 Å². The average Bonchev–Trinajstić information content (AvgIpc) is 2.46. The maximum atomic E-state index is 2.48. The minimum absolute atomic E-state index is 0.577. The van der Waals surface area contributed by atoms with Crippen LogP contribution in [0.5, 0.6) is 0 Å². The molecular weight excluding hydrogens is 264 g/mol. The summed E-state index contributed by atoms with van der Waals surface area (Å²) in [6, 6.07) is 0. The van der Waals surface area contributed by atoms with Crippen LogP contribution in [-0.2, 0) is 0 Å². The lowest BCUT2D eigenvalue weighted by atomic mass is 9.81. The largest absolute Gasteiger partial charge is 0.0654 e. The third-order valence-corrected chi connectivity index (χ3v) is 5.69. The van der Waals surface area contributed by atoms with Crippen molar-refractivity contribution in [2.45, 2.75) is 125 Å². The Morgan fingerprint density at radius 1 is 0.591 bits per heavy atom. The molecule has 0 aliphatic carbocycles. The second-order valence-electron chi connectivity index (χ2n) is 8.67. The fourth-order valence-corrected chi connectivity index (χ4v) is 3.60. The van der Waals surface area contributed by atoms with Crippen LogP contribution in [0.4, 0.5) is 0 Å². The van der Waals surface area contributed by atoms with Gasteiger partial charge in [0.25, 0.3) is 0 Å². The first kappa shape index (κ1) is 22.0. The monoisotopic (exact) mass is 310 g/mol. The zero-order valence-electron chi connectivity index (χ0n) is 16.8. The van der Waals surface area contributed by atoms with Gasteiger partial charge < -0.3 is 0 Å². The summed E-state index contributed by atoms with van der Waals surface area (Å²) >= 11 is 0. The van der Waals surface area contributed by atoms with Crippen LogP contribution in [0.2, 0.25) is 0 Å².